The standard InChI is InChI=1S/C21H30N2O2/c1-3-22-12-4-6-19(22)20-7-5-13-23(20)21(24)18-14-17(18)15-8-10-16(25-2)11-9-15/h8-11,17-20H,3-7,12-14H2,1-2H3/t17-,18+,19+,20-/m0/s1. The number of carbonyl (C=O) groups is 1. The topological polar surface area (TPSA) is 32.8 Å². The molecule has 2 aliphatic heterocycles. The highest BCUT2D eigenvalue weighted by Crippen LogP contribution is 2.49. The van der Waals surface area contributed by atoms with Crippen LogP contribution in [0.2, 0.25) is 0 Å². The fourth-order valence-electron chi connectivity index (χ4n) is 5.05. The molecule has 3 fully saturated rings. The number of rotatable bonds is 5. The molecule has 0 aromatic heterocycles. The largest absolute Gasteiger partial charge is 0.497 e. The number of hydrogen-bond acceptors (Lipinski definition) is 3. The summed E-state index contributed by atoms with van der Waals surface area (Å²) in [7, 11) is 1.69. The van der Waals surface area contributed by atoms with Crippen LogP contribution in [0, 0.1) is 5.92 Å². The fraction of sp³-hybridized carbons (Fsp3) is 0.667. The van der Waals surface area contributed by atoms with E-state index >= 15 is 0 Å². The van der Waals surface area contributed by atoms with Gasteiger partial charge in [-0.25, -0.2) is 0 Å². The van der Waals surface area contributed by atoms with Gasteiger partial charge in [-0.15, -0.1) is 0 Å². The number of carbonyl (C=O) groups excluding carboxylic acids is 1. The minimum Gasteiger partial charge on any atom is -0.497 e. The molecule has 4 heteroatoms. The van der Waals surface area contributed by atoms with Gasteiger partial charge in [0.2, 0.25) is 5.91 Å². The van der Waals surface area contributed by atoms with E-state index < -0.39 is 0 Å². The molecule has 4 rings (SSSR count). The molecule has 25 heavy (non-hydrogen) atoms. The SMILES string of the molecule is CCN1CCC[C@@H]1[C@@H]1CCCN1C(=O)[C@@H]1C[C@H]1c1ccc(OC)cc1. The monoisotopic (exact) mass is 342 g/mol. The first-order valence-electron chi connectivity index (χ1n) is 9.91. The summed E-state index contributed by atoms with van der Waals surface area (Å²) in [5, 5.41) is 0. The zero-order chi connectivity index (χ0) is 17.4. The Morgan fingerprint density at radius 3 is 2.56 bits per heavy atom. The van der Waals surface area contributed by atoms with Gasteiger partial charge >= 0.3 is 0 Å². The van der Waals surface area contributed by atoms with Crippen molar-refractivity contribution in [3.8, 4) is 5.75 Å². The highest BCUT2D eigenvalue weighted by Gasteiger charge is 2.49. The van der Waals surface area contributed by atoms with Gasteiger partial charge in [-0.1, -0.05) is 19.1 Å². The molecule has 0 radical (unpaired) electrons. The van der Waals surface area contributed by atoms with Crippen molar-refractivity contribution in [2.24, 2.45) is 5.92 Å². The molecule has 1 aliphatic carbocycles. The maximum absolute atomic E-state index is 13.2. The first-order chi connectivity index (χ1) is 12.2. The summed E-state index contributed by atoms with van der Waals surface area (Å²) in [5.41, 5.74) is 1.28. The third kappa shape index (κ3) is 3.17. The number of nitrogens with zero attached hydrogens (tertiary/aromatic N) is 2. The van der Waals surface area contributed by atoms with Crippen molar-refractivity contribution in [3.05, 3.63) is 29.8 Å². The number of hydrogen-bond donors (Lipinski definition) is 0. The van der Waals surface area contributed by atoms with Crippen LogP contribution < -0.4 is 4.74 Å². The third-order valence-electron chi connectivity index (χ3n) is 6.50. The van der Waals surface area contributed by atoms with Crippen LogP contribution in [-0.2, 0) is 4.79 Å². The van der Waals surface area contributed by atoms with Crippen molar-refractivity contribution in [2.45, 2.75) is 57.0 Å². The van der Waals surface area contributed by atoms with E-state index in [9.17, 15) is 4.79 Å². The van der Waals surface area contributed by atoms with Gasteiger partial charge < -0.3 is 9.64 Å². The molecular weight excluding hydrogens is 312 g/mol. The second kappa shape index (κ2) is 6.99. The van der Waals surface area contributed by atoms with Crippen molar-refractivity contribution in [1.82, 2.24) is 9.80 Å². The fourth-order valence-corrected chi connectivity index (χ4v) is 5.05. The van der Waals surface area contributed by atoms with E-state index in [2.05, 4.69) is 28.9 Å². The average Bonchev–Trinajstić information content (AvgIpc) is 3.07. The van der Waals surface area contributed by atoms with Gasteiger partial charge in [0, 0.05) is 24.5 Å². The summed E-state index contributed by atoms with van der Waals surface area (Å²) >= 11 is 0. The molecule has 3 aliphatic rings. The van der Waals surface area contributed by atoms with Gasteiger partial charge in [-0.2, -0.15) is 0 Å². The van der Waals surface area contributed by atoms with Crippen LogP contribution in [0.4, 0.5) is 0 Å². The van der Waals surface area contributed by atoms with E-state index in [4.69, 9.17) is 4.74 Å². The molecule has 4 nitrogen and oxygen atoms in total. The smallest absolute Gasteiger partial charge is 0.226 e. The molecule has 1 saturated carbocycles. The Hall–Kier alpha value is -1.55. The zero-order valence-corrected chi connectivity index (χ0v) is 15.5. The summed E-state index contributed by atoms with van der Waals surface area (Å²) in [5.74, 6) is 1.90. The predicted molar refractivity (Wildman–Crippen MR) is 98.8 cm³/mol. The molecule has 4 atom stereocenters. The lowest BCUT2D eigenvalue weighted by atomic mass is 10.0. The summed E-state index contributed by atoms with van der Waals surface area (Å²) in [6, 6.07) is 9.29. The van der Waals surface area contributed by atoms with Gasteiger partial charge in [-0.3, -0.25) is 9.69 Å². The van der Waals surface area contributed by atoms with E-state index in [1.165, 1.54) is 37.8 Å². The van der Waals surface area contributed by atoms with Crippen molar-refractivity contribution in [1.29, 1.82) is 0 Å². The Balaban J connectivity index is 1.42. The normalized spacial score (nSPS) is 32.2. The predicted octanol–water partition coefficient (Wildman–Crippen LogP) is 3.27. The Bertz CT molecular complexity index is 615. The van der Waals surface area contributed by atoms with Crippen LogP contribution in [0.15, 0.2) is 24.3 Å². The molecule has 2 saturated heterocycles. The van der Waals surface area contributed by atoms with E-state index in [0.717, 1.165) is 25.3 Å². The summed E-state index contributed by atoms with van der Waals surface area (Å²) in [6.45, 7) is 5.53. The summed E-state index contributed by atoms with van der Waals surface area (Å²) in [6.07, 6.45) is 5.91. The van der Waals surface area contributed by atoms with Crippen molar-refractivity contribution in [3.63, 3.8) is 0 Å². The highest BCUT2D eigenvalue weighted by atomic mass is 16.5. The highest BCUT2D eigenvalue weighted by molar-refractivity contribution is 5.83. The number of ether oxygens (including phenoxy) is 1. The first kappa shape index (κ1) is 16.9. The van der Waals surface area contributed by atoms with Crippen LogP contribution in [0.25, 0.3) is 0 Å². The van der Waals surface area contributed by atoms with Crippen molar-refractivity contribution in [2.75, 3.05) is 26.7 Å². The van der Waals surface area contributed by atoms with Gasteiger partial charge in [0.15, 0.2) is 0 Å². The first-order valence-corrected chi connectivity index (χ1v) is 9.91. The lowest BCUT2D eigenvalue weighted by molar-refractivity contribution is -0.134. The minimum absolute atomic E-state index is 0.200. The Labute approximate surface area is 151 Å². The van der Waals surface area contributed by atoms with E-state index in [-0.39, 0.29) is 5.92 Å². The van der Waals surface area contributed by atoms with E-state index in [1.54, 1.807) is 7.11 Å². The quantitative estimate of drug-likeness (QED) is 0.823. The number of methoxy groups -OCH3 is 1. The number of likely N-dealkylation sites (N-methyl/N-ethyl adjacent to an activating group) is 1. The van der Waals surface area contributed by atoms with Crippen LogP contribution in [0.5, 0.6) is 5.75 Å². The van der Waals surface area contributed by atoms with Gasteiger partial charge in [-0.05, 0) is 68.8 Å². The average molecular weight is 342 g/mol. The molecule has 1 amide bonds. The molecule has 1 aromatic carbocycles. The summed E-state index contributed by atoms with van der Waals surface area (Å²) in [4.78, 5) is 18.0. The third-order valence-corrected chi connectivity index (χ3v) is 6.50. The second-order valence-corrected chi connectivity index (χ2v) is 7.80. The molecular formula is C21H30N2O2. The van der Waals surface area contributed by atoms with Gasteiger partial charge in [0.25, 0.3) is 0 Å². The second-order valence-electron chi connectivity index (χ2n) is 7.80. The molecule has 136 valence electrons. The maximum Gasteiger partial charge on any atom is 0.226 e. The Morgan fingerprint density at radius 2 is 1.84 bits per heavy atom. The van der Waals surface area contributed by atoms with Crippen LogP contribution in [0.1, 0.15) is 50.5 Å². The number of likely N-dealkylation sites (tertiary alicyclic amines) is 2. The van der Waals surface area contributed by atoms with Gasteiger partial charge in [0.1, 0.15) is 5.75 Å². The Morgan fingerprint density at radius 1 is 1.12 bits per heavy atom. The lowest BCUT2D eigenvalue weighted by Crippen LogP contribution is -2.48. The maximum atomic E-state index is 13.2. The van der Waals surface area contributed by atoms with E-state index in [0.29, 0.717) is 23.9 Å². The molecule has 0 bridgehead atoms. The van der Waals surface area contributed by atoms with Crippen LogP contribution >= 0.6 is 0 Å². The van der Waals surface area contributed by atoms with Crippen molar-refractivity contribution >= 4 is 5.91 Å². The van der Waals surface area contributed by atoms with Crippen LogP contribution in [0.3, 0.4) is 0 Å². The molecule has 0 spiro atoms. The Kier molecular flexibility index (Phi) is 4.72. The minimum atomic E-state index is 0.200. The molecule has 0 unspecified atom stereocenters. The number of amides is 1. The zero-order valence-electron chi connectivity index (χ0n) is 15.5. The van der Waals surface area contributed by atoms with Crippen LogP contribution in [-0.4, -0.2) is 54.5 Å². The molecule has 0 N–H and O–H groups in total. The molecule has 1 aromatic rings. The van der Waals surface area contributed by atoms with Crippen molar-refractivity contribution < 1.29 is 9.53 Å². The van der Waals surface area contributed by atoms with Gasteiger partial charge in [0.05, 0.1) is 7.11 Å². The summed E-state index contributed by atoms with van der Waals surface area (Å²) < 4.78 is 5.24. The molecule has 2 heterocycles. The van der Waals surface area contributed by atoms with E-state index in [1.807, 2.05) is 12.1 Å². The lowest BCUT2D eigenvalue weighted by Gasteiger charge is -2.34. The number of benzene rings is 1.